The molecule has 0 aliphatic rings. The van der Waals surface area contributed by atoms with Crippen molar-refractivity contribution in [2.45, 2.75) is 6.42 Å². The minimum atomic E-state index is -0.678. The fourth-order valence-corrected chi connectivity index (χ4v) is 0.195. The van der Waals surface area contributed by atoms with Gasteiger partial charge in [-0.3, -0.25) is 4.89 Å². The van der Waals surface area contributed by atoms with Gasteiger partial charge in [-0.25, -0.2) is 4.79 Å². The van der Waals surface area contributed by atoms with Crippen molar-refractivity contribution in [3.05, 3.63) is 0 Å². The lowest BCUT2D eigenvalue weighted by Crippen LogP contribution is -2.02. The van der Waals surface area contributed by atoms with Crippen molar-refractivity contribution in [1.29, 1.82) is 0 Å². The van der Waals surface area contributed by atoms with Gasteiger partial charge in [-0.1, -0.05) is 0 Å². The molecule has 0 fully saturated rings. The van der Waals surface area contributed by atoms with Crippen LogP contribution in [0.25, 0.3) is 0 Å². The Balaban J connectivity index is 3.18. The molecule has 4 nitrogen and oxygen atoms in total. The summed E-state index contributed by atoms with van der Waals surface area (Å²) in [5.41, 5.74) is 0. The average Bonchev–Trinajstić information content (AvgIpc) is 1.68. The largest absolute Gasteiger partial charge is 0.349 e. The molecule has 0 atom stereocenters. The molecule has 0 amide bonds. The van der Waals surface area contributed by atoms with E-state index in [4.69, 9.17) is 0 Å². The Hall–Kier alpha value is -0.900. The maximum atomic E-state index is 10.1. The number of hydrogen-bond donors (Lipinski definition) is 0. The van der Waals surface area contributed by atoms with Gasteiger partial charge in [-0.2, -0.15) is 4.89 Å². The van der Waals surface area contributed by atoms with Crippen molar-refractivity contribution < 1.29 is 19.4 Å². The second-order valence-corrected chi connectivity index (χ2v) is 0.993. The molecule has 0 aliphatic carbocycles. The fourth-order valence-electron chi connectivity index (χ4n) is 0.195. The Bertz CT molecular complexity index is 88.0. The van der Waals surface area contributed by atoms with E-state index in [1.165, 1.54) is 7.11 Å². The summed E-state index contributed by atoms with van der Waals surface area (Å²) in [7, 11) is 1.20. The van der Waals surface area contributed by atoms with Crippen LogP contribution >= 0.6 is 0 Å². The van der Waals surface area contributed by atoms with Crippen LogP contribution in [-0.4, -0.2) is 19.4 Å². The van der Waals surface area contributed by atoms with Crippen LogP contribution in [0.4, 0.5) is 0 Å². The minimum absolute atomic E-state index is 0.256. The van der Waals surface area contributed by atoms with Crippen LogP contribution in [0.3, 0.4) is 0 Å². The summed E-state index contributed by atoms with van der Waals surface area (Å²) in [6, 6.07) is 0. The van der Waals surface area contributed by atoms with Gasteiger partial charge in [0.25, 0.3) is 0 Å². The first kappa shape index (κ1) is 7.10. The highest BCUT2D eigenvalue weighted by Gasteiger charge is 1.98. The van der Waals surface area contributed by atoms with E-state index in [1.807, 2.05) is 0 Å². The first-order valence-electron chi connectivity index (χ1n) is 1.98. The molecule has 0 aliphatic heterocycles. The van der Waals surface area contributed by atoms with Crippen LogP contribution in [-0.2, 0) is 19.4 Å². The van der Waals surface area contributed by atoms with Gasteiger partial charge in [0.1, 0.15) is 12.7 Å². The van der Waals surface area contributed by atoms with Crippen LogP contribution in [0.1, 0.15) is 6.42 Å². The molecule has 0 spiro atoms. The van der Waals surface area contributed by atoms with Gasteiger partial charge in [-0.05, 0) is 0 Å². The number of carbonyl (C=O) groups is 2. The molecule has 0 heterocycles. The van der Waals surface area contributed by atoms with Gasteiger partial charge in [0, 0.05) is 0 Å². The van der Waals surface area contributed by atoms with Crippen molar-refractivity contribution in [2.24, 2.45) is 0 Å². The predicted molar refractivity (Wildman–Crippen MR) is 23.8 cm³/mol. The van der Waals surface area contributed by atoms with Crippen LogP contribution < -0.4 is 0 Å². The second-order valence-electron chi connectivity index (χ2n) is 0.993. The molecule has 0 aromatic rings. The van der Waals surface area contributed by atoms with Crippen LogP contribution in [0.5, 0.6) is 0 Å². The minimum Gasteiger partial charge on any atom is -0.303 e. The van der Waals surface area contributed by atoms with E-state index in [-0.39, 0.29) is 6.42 Å². The molecule has 0 aromatic carbocycles. The fraction of sp³-hybridized carbons (Fsp3) is 0.500. The van der Waals surface area contributed by atoms with Crippen molar-refractivity contribution >= 4 is 12.3 Å². The lowest BCUT2D eigenvalue weighted by molar-refractivity contribution is -0.254. The predicted octanol–water partition coefficient (Wildman–Crippen LogP) is -0.320. The van der Waals surface area contributed by atoms with E-state index < -0.39 is 5.97 Å². The molecular weight excluding hydrogens is 112 g/mol. The monoisotopic (exact) mass is 118 g/mol. The van der Waals surface area contributed by atoms with Crippen molar-refractivity contribution in [2.75, 3.05) is 7.11 Å². The average molecular weight is 118 g/mol. The van der Waals surface area contributed by atoms with Gasteiger partial charge in [-0.15, -0.1) is 0 Å². The Morgan fingerprint density at radius 2 is 2.38 bits per heavy atom. The normalized spacial score (nSPS) is 8.12. The summed E-state index contributed by atoms with van der Waals surface area (Å²) < 4.78 is 0. The zero-order valence-corrected chi connectivity index (χ0v) is 4.42. The summed E-state index contributed by atoms with van der Waals surface area (Å²) in [5, 5.41) is 0. The number of aldehydes is 1. The zero-order chi connectivity index (χ0) is 6.41. The molecule has 46 valence electrons. The van der Waals surface area contributed by atoms with E-state index in [2.05, 4.69) is 9.78 Å². The second kappa shape index (κ2) is 4.26. The lowest BCUT2D eigenvalue weighted by Gasteiger charge is -1.91. The topological polar surface area (TPSA) is 52.6 Å². The molecule has 0 saturated carbocycles. The smallest absolute Gasteiger partial charge is 0.303 e. The number of rotatable bonds is 3. The summed E-state index contributed by atoms with van der Waals surface area (Å²) in [5.74, 6) is -0.678. The van der Waals surface area contributed by atoms with E-state index in [0.717, 1.165) is 0 Å². The molecular formula is C4H6O4. The van der Waals surface area contributed by atoms with Gasteiger partial charge in [0.2, 0.25) is 0 Å². The first-order chi connectivity index (χ1) is 3.81. The third-order valence-electron chi connectivity index (χ3n) is 0.426. The molecule has 4 heteroatoms. The summed E-state index contributed by atoms with van der Waals surface area (Å²) in [6.45, 7) is 0. The van der Waals surface area contributed by atoms with E-state index in [1.54, 1.807) is 0 Å². The molecule has 0 saturated heterocycles. The number of hydrogen-bond acceptors (Lipinski definition) is 4. The summed E-state index contributed by atoms with van der Waals surface area (Å²) in [4.78, 5) is 27.5. The highest BCUT2D eigenvalue weighted by molar-refractivity contribution is 5.83. The molecule has 0 N–H and O–H groups in total. The Morgan fingerprint density at radius 3 is 2.75 bits per heavy atom. The van der Waals surface area contributed by atoms with Gasteiger partial charge < -0.3 is 4.79 Å². The van der Waals surface area contributed by atoms with Gasteiger partial charge >= 0.3 is 5.97 Å². The van der Waals surface area contributed by atoms with Gasteiger partial charge in [0.05, 0.1) is 7.11 Å². The van der Waals surface area contributed by atoms with Crippen molar-refractivity contribution in [1.82, 2.24) is 0 Å². The van der Waals surface area contributed by atoms with Crippen molar-refractivity contribution in [3.63, 3.8) is 0 Å². The lowest BCUT2D eigenvalue weighted by atomic mass is 10.5. The molecule has 0 aromatic heterocycles. The Labute approximate surface area is 46.3 Å². The van der Waals surface area contributed by atoms with Crippen LogP contribution in [0.15, 0.2) is 0 Å². The third kappa shape index (κ3) is 3.30. The molecule has 0 bridgehead atoms. The van der Waals surface area contributed by atoms with Crippen molar-refractivity contribution in [3.8, 4) is 0 Å². The molecule has 0 unspecified atom stereocenters. The van der Waals surface area contributed by atoms with E-state index >= 15 is 0 Å². The van der Waals surface area contributed by atoms with Crippen LogP contribution in [0.2, 0.25) is 0 Å². The maximum Gasteiger partial charge on any atom is 0.349 e. The van der Waals surface area contributed by atoms with Crippen LogP contribution in [0, 0.1) is 0 Å². The Kier molecular flexibility index (Phi) is 3.78. The molecule has 0 radical (unpaired) electrons. The quantitative estimate of drug-likeness (QED) is 0.220. The summed E-state index contributed by atoms with van der Waals surface area (Å²) >= 11 is 0. The third-order valence-corrected chi connectivity index (χ3v) is 0.426. The molecule has 0 rings (SSSR count). The summed E-state index contributed by atoms with van der Waals surface area (Å²) in [6.07, 6.45) is 0.190. The number of carbonyl (C=O) groups excluding carboxylic acids is 2. The zero-order valence-electron chi connectivity index (χ0n) is 4.42. The molecule has 8 heavy (non-hydrogen) atoms. The van der Waals surface area contributed by atoms with E-state index in [0.29, 0.717) is 6.29 Å². The SMILES string of the molecule is COOC(=O)CC=O. The maximum absolute atomic E-state index is 10.1. The Morgan fingerprint density at radius 1 is 1.75 bits per heavy atom. The highest BCUT2D eigenvalue weighted by Crippen LogP contribution is 1.79. The van der Waals surface area contributed by atoms with E-state index in [9.17, 15) is 9.59 Å². The standard InChI is InChI=1S/C4H6O4/c1-7-8-4(6)2-3-5/h3H,2H2,1H3. The van der Waals surface area contributed by atoms with Gasteiger partial charge in [0.15, 0.2) is 0 Å². The highest BCUT2D eigenvalue weighted by atomic mass is 17.2. The first-order valence-corrected chi connectivity index (χ1v) is 1.98.